The largest absolute Gasteiger partial charge is 0.420 e. The van der Waals surface area contributed by atoms with Crippen molar-refractivity contribution >= 4 is 33.9 Å². The third-order valence-electron chi connectivity index (χ3n) is 7.92. The molecule has 3 aromatic carbocycles. The van der Waals surface area contributed by atoms with Crippen LogP contribution in [0.2, 0.25) is 0 Å². The smallest absolute Gasteiger partial charge is 0.246 e. The number of nitrogens with zero attached hydrogens (tertiary/aromatic N) is 6. The van der Waals surface area contributed by atoms with Gasteiger partial charge >= 0.3 is 30.9 Å². The maximum absolute atomic E-state index is 15.4. The number of halogens is 15. The molecule has 0 radical (unpaired) electrons. The van der Waals surface area contributed by atoms with E-state index in [2.05, 4.69) is 9.98 Å². The predicted octanol–water partition coefficient (Wildman–Crippen LogP) is 11.0. The van der Waals surface area contributed by atoms with Crippen LogP contribution in [0.25, 0.3) is 11.1 Å². The molecule has 0 amide bonds. The fraction of sp³-hybridized carbons (Fsp3) is 0.176. The molecule has 55 heavy (non-hydrogen) atoms. The summed E-state index contributed by atoms with van der Waals surface area (Å²) in [6.07, 6.45) is -28.4. The average Bonchev–Trinajstić information content (AvgIpc) is 3.61. The van der Waals surface area contributed by atoms with Gasteiger partial charge < -0.3 is 0 Å². The Bertz CT molecular complexity index is 2450. The number of hydrogen-bond acceptors (Lipinski definition) is 6. The second-order valence-corrected chi connectivity index (χ2v) is 11.4. The van der Waals surface area contributed by atoms with Crippen molar-refractivity contribution < 1.29 is 65.9 Å². The fourth-order valence-electron chi connectivity index (χ4n) is 5.91. The minimum atomic E-state index is -6.02. The molecule has 0 aliphatic carbocycles. The Morgan fingerprint density at radius 1 is 0.455 bits per heavy atom. The highest BCUT2D eigenvalue weighted by molar-refractivity contribution is 6.41. The first-order valence-electron chi connectivity index (χ1n) is 14.3. The number of nitriles is 4. The van der Waals surface area contributed by atoms with Crippen LogP contribution in [0.4, 0.5) is 77.2 Å². The summed E-state index contributed by atoms with van der Waals surface area (Å²) in [4.78, 5) is 6.95. The summed E-state index contributed by atoms with van der Waals surface area (Å²) in [7, 11) is 0. The Morgan fingerprint density at radius 2 is 0.782 bits per heavy atom. The van der Waals surface area contributed by atoms with Crippen LogP contribution < -0.4 is 0 Å². The molecule has 0 unspecified atom stereocenters. The molecule has 5 rings (SSSR count). The monoisotopic (exact) mass is 786 g/mol. The van der Waals surface area contributed by atoms with Gasteiger partial charge in [0.25, 0.3) is 0 Å². The van der Waals surface area contributed by atoms with E-state index < -0.39 is 132 Å². The molecule has 280 valence electrons. The lowest BCUT2D eigenvalue weighted by Crippen LogP contribution is -2.18. The molecule has 2 heterocycles. The molecule has 2 aliphatic heterocycles. The van der Waals surface area contributed by atoms with Crippen LogP contribution in [-0.2, 0) is 30.9 Å². The number of aryl methyl sites for hydroxylation is 1. The Balaban J connectivity index is 2.09. The van der Waals surface area contributed by atoms with Crippen molar-refractivity contribution in [3.05, 3.63) is 103 Å². The maximum atomic E-state index is 15.4. The van der Waals surface area contributed by atoms with E-state index in [9.17, 15) is 60.6 Å². The first-order valence-corrected chi connectivity index (χ1v) is 14.3. The quantitative estimate of drug-likeness (QED) is 0.190. The first kappa shape index (κ1) is 39.6. The van der Waals surface area contributed by atoms with Crippen LogP contribution in [0, 0.1) is 52.2 Å². The molecule has 0 atom stereocenters. The Morgan fingerprint density at radius 3 is 1.09 bits per heavy atom. The van der Waals surface area contributed by atoms with Crippen molar-refractivity contribution in [2.45, 2.75) is 37.8 Å². The van der Waals surface area contributed by atoms with Gasteiger partial charge in [0.15, 0.2) is 0 Å². The van der Waals surface area contributed by atoms with Gasteiger partial charge in [-0.25, -0.2) is 9.98 Å². The molecule has 0 spiro atoms. The highest BCUT2D eigenvalue weighted by atomic mass is 19.4. The van der Waals surface area contributed by atoms with Gasteiger partial charge in [-0.3, -0.25) is 0 Å². The molecule has 0 saturated carbocycles. The number of alkyl halides is 15. The molecule has 0 fully saturated rings. The summed E-state index contributed by atoms with van der Waals surface area (Å²) in [6, 6.07) is 5.25. The zero-order valence-corrected chi connectivity index (χ0v) is 26.3. The Labute approximate surface area is 296 Å². The number of hydrogen-bond donors (Lipinski definition) is 0. The maximum Gasteiger partial charge on any atom is 0.420 e. The predicted molar refractivity (Wildman–Crippen MR) is 158 cm³/mol. The topological polar surface area (TPSA) is 120 Å². The zero-order chi connectivity index (χ0) is 41.4. The van der Waals surface area contributed by atoms with E-state index in [0.717, 1.165) is 37.3 Å². The van der Waals surface area contributed by atoms with Crippen LogP contribution in [0.5, 0.6) is 0 Å². The van der Waals surface area contributed by atoms with E-state index in [1.54, 1.807) is 0 Å². The summed E-state index contributed by atoms with van der Waals surface area (Å²) < 4.78 is 216. The molecule has 6 nitrogen and oxygen atoms in total. The number of aliphatic imine (C=N–C) groups is 2. The normalized spacial score (nSPS) is 14.3. The Hall–Kier alpha value is -6.61. The van der Waals surface area contributed by atoms with Crippen molar-refractivity contribution in [1.82, 2.24) is 0 Å². The molecular weight excluding hydrogens is 777 g/mol. The van der Waals surface area contributed by atoms with Gasteiger partial charge in [-0.1, -0.05) is 0 Å². The Kier molecular flexibility index (Phi) is 9.19. The van der Waals surface area contributed by atoms with Crippen LogP contribution >= 0.6 is 0 Å². The van der Waals surface area contributed by atoms with E-state index in [0.29, 0.717) is 6.07 Å². The summed E-state index contributed by atoms with van der Waals surface area (Å²) in [6.45, 7) is 1.05. The van der Waals surface area contributed by atoms with Gasteiger partial charge in [0.1, 0.15) is 41.0 Å². The molecule has 2 aliphatic rings. The van der Waals surface area contributed by atoms with Crippen molar-refractivity contribution in [2.24, 2.45) is 9.98 Å². The minimum Gasteiger partial charge on any atom is -0.246 e. The highest BCUT2D eigenvalue weighted by Gasteiger charge is 2.52. The third-order valence-corrected chi connectivity index (χ3v) is 7.92. The van der Waals surface area contributed by atoms with Crippen molar-refractivity contribution in [2.75, 3.05) is 0 Å². The van der Waals surface area contributed by atoms with Gasteiger partial charge in [-0.15, -0.1) is 0 Å². The molecule has 0 N–H and O–H groups in total. The summed E-state index contributed by atoms with van der Waals surface area (Å²) in [5, 5.41) is 39.0. The van der Waals surface area contributed by atoms with Gasteiger partial charge in [-0.2, -0.15) is 86.9 Å². The molecule has 0 aromatic heterocycles. The van der Waals surface area contributed by atoms with E-state index in [-0.39, 0.29) is 23.8 Å². The first-order chi connectivity index (χ1) is 25.2. The number of benzene rings is 3. The van der Waals surface area contributed by atoms with Gasteiger partial charge in [0, 0.05) is 33.4 Å². The molecule has 21 heteroatoms. The molecule has 3 aromatic rings. The summed E-state index contributed by atoms with van der Waals surface area (Å²) >= 11 is 0. The van der Waals surface area contributed by atoms with E-state index in [1.165, 1.54) is 0 Å². The van der Waals surface area contributed by atoms with Crippen LogP contribution in [0.3, 0.4) is 0 Å². The van der Waals surface area contributed by atoms with Gasteiger partial charge in [-0.05, 0) is 48.9 Å². The molecular formula is C34H9F15N6. The lowest BCUT2D eigenvalue weighted by molar-refractivity contribution is -0.143. The van der Waals surface area contributed by atoms with Crippen LogP contribution in [0.1, 0.15) is 55.6 Å². The van der Waals surface area contributed by atoms with Crippen molar-refractivity contribution in [3.8, 4) is 24.3 Å². The summed E-state index contributed by atoms with van der Waals surface area (Å²) in [5.74, 6) is 0. The second-order valence-electron chi connectivity index (χ2n) is 11.4. The SMILES string of the molecule is Cc1cc(C2=Nc3c(c(C(F)(F)F)c4c(c3C(F)(F)F)N=C(c3cc(C(F)(F)F)cc(C(F)(F)F)c3)C4=C(C#N)C#N)C2=C(C#N)C#N)cc(C(F)(F)F)c1. The highest BCUT2D eigenvalue weighted by Crippen LogP contribution is 2.60. The van der Waals surface area contributed by atoms with Gasteiger partial charge in [0.05, 0.1) is 45.1 Å². The number of fused-ring (bicyclic) bond motifs is 2. The van der Waals surface area contributed by atoms with Crippen molar-refractivity contribution in [1.29, 1.82) is 21.0 Å². The van der Waals surface area contributed by atoms with Crippen LogP contribution in [0.15, 0.2) is 57.5 Å². The van der Waals surface area contributed by atoms with Crippen LogP contribution in [-0.4, -0.2) is 11.4 Å². The number of allylic oxidation sites excluding steroid dienone is 4. The van der Waals surface area contributed by atoms with Gasteiger partial charge in [0.2, 0.25) is 0 Å². The molecule has 0 saturated heterocycles. The fourth-order valence-corrected chi connectivity index (χ4v) is 5.91. The lowest BCUT2D eigenvalue weighted by Gasteiger charge is -2.22. The lowest BCUT2D eigenvalue weighted by atomic mass is 9.82. The summed E-state index contributed by atoms with van der Waals surface area (Å²) in [5.41, 5.74) is -29.3. The molecule has 0 bridgehead atoms. The van der Waals surface area contributed by atoms with E-state index in [4.69, 9.17) is 0 Å². The van der Waals surface area contributed by atoms with E-state index >= 15 is 26.3 Å². The number of rotatable bonds is 2. The minimum absolute atomic E-state index is 0.137. The second kappa shape index (κ2) is 12.8. The zero-order valence-electron chi connectivity index (χ0n) is 26.3. The van der Waals surface area contributed by atoms with Crippen molar-refractivity contribution in [3.63, 3.8) is 0 Å². The standard InChI is InChI=1S/C34H9F15N6/c1-12-2-13(4-17(3-12)30(35,36)37)26-20(15(8-50)9-51)22-24(33(44,45)46)23-21(16(10-52)11-53)27(55-29(23)25(28(22)54-26)34(47,48)49)14-5-18(31(38,39)40)7-19(6-14)32(41,42)43/h2-7H,1H3. The van der Waals surface area contributed by atoms with E-state index in [1.807, 2.05) is 0 Å². The third kappa shape index (κ3) is 6.85. The average molecular weight is 786 g/mol.